The predicted octanol–water partition coefficient (Wildman–Crippen LogP) is 2.02. The summed E-state index contributed by atoms with van der Waals surface area (Å²) in [6.07, 6.45) is 3.62. The Bertz CT molecular complexity index is 345. The number of hydrogen-bond donors (Lipinski definition) is 0. The first-order valence-electron chi connectivity index (χ1n) is 4.20. The van der Waals surface area contributed by atoms with Crippen LogP contribution in [0.4, 0.5) is 0 Å². The molecule has 0 unspecified atom stereocenters. The fraction of sp³-hybridized carbons (Fsp3) is 0.400. The smallest absolute Gasteiger partial charge is 0.182 e. The molecule has 0 N–H and O–H groups in total. The normalized spacial score (nSPS) is 22.3. The van der Waals surface area contributed by atoms with Crippen molar-refractivity contribution >= 4 is 11.5 Å². The molecular weight excluding hydrogens is 150 g/mol. The second kappa shape index (κ2) is 2.41. The largest absolute Gasteiger partial charge is 0.292 e. The fourth-order valence-electron chi connectivity index (χ4n) is 1.61. The molecule has 0 atom stereocenters. The van der Waals surface area contributed by atoms with Crippen molar-refractivity contribution in [2.75, 3.05) is 0 Å². The standard InChI is InChI=1S/C10H11NO/c1-6-7(2)11-10-8(6)4-3-5-9(10)12/h4H,3,5H2,1-2H3. The van der Waals surface area contributed by atoms with Gasteiger partial charge in [0, 0.05) is 17.7 Å². The van der Waals surface area contributed by atoms with Gasteiger partial charge in [-0.25, -0.2) is 4.99 Å². The number of hydrogen-bond acceptors (Lipinski definition) is 2. The maximum Gasteiger partial charge on any atom is 0.182 e. The summed E-state index contributed by atoms with van der Waals surface area (Å²) >= 11 is 0. The summed E-state index contributed by atoms with van der Waals surface area (Å²) in [5, 5.41) is 0. The molecule has 0 saturated carbocycles. The minimum absolute atomic E-state index is 0.198. The Morgan fingerprint density at radius 3 is 2.83 bits per heavy atom. The topological polar surface area (TPSA) is 29.4 Å². The fourth-order valence-corrected chi connectivity index (χ4v) is 1.61. The first-order chi connectivity index (χ1) is 5.70. The molecule has 0 aromatic heterocycles. The van der Waals surface area contributed by atoms with Gasteiger partial charge in [-0.2, -0.15) is 0 Å². The number of rotatable bonds is 0. The van der Waals surface area contributed by atoms with Gasteiger partial charge in [-0.3, -0.25) is 4.79 Å². The minimum Gasteiger partial charge on any atom is -0.292 e. The number of fused-ring (bicyclic) bond motifs is 1. The van der Waals surface area contributed by atoms with Crippen LogP contribution in [0.1, 0.15) is 26.7 Å². The van der Waals surface area contributed by atoms with Crippen LogP contribution in [0.3, 0.4) is 0 Å². The highest BCUT2D eigenvalue weighted by Gasteiger charge is 2.26. The van der Waals surface area contributed by atoms with Gasteiger partial charge in [-0.05, 0) is 25.8 Å². The van der Waals surface area contributed by atoms with E-state index < -0.39 is 0 Å². The molecule has 0 radical (unpaired) electrons. The van der Waals surface area contributed by atoms with E-state index in [2.05, 4.69) is 11.1 Å². The van der Waals surface area contributed by atoms with Crippen molar-refractivity contribution in [1.29, 1.82) is 0 Å². The van der Waals surface area contributed by atoms with E-state index in [4.69, 9.17) is 0 Å². The van der Waals surface area contributed by atoms with Crippen LogP contribution in [-0.4, -0.2) is 11.5 Å². The zero-order chi connectivity index (χ0) is 8.72. The van der Waals surface area contributed by atoms with Crippen molar-refractivity contribution < 1.29 is 4.79 Å². The monoisotopic (exact) mass is 161 g/mol. The Kier molecular flexibility index (Phi) is 1.50. The van der Waals surface area contributed by atoms with Crippen LogP contribution in [0.5, 0.6) is 0 Å². The number of aliphatic imine (C=N–C) groups is 1. The Balaban J connectivity index is 2.52. The van der Waals surface area contributed by atoms with Crippen LogP contribution in [0, 0.1) is 0 Å². The third-order valence-electron chi connectivity index (χ3n) is 2.47. The number of carbonyl (C=O) groups excluding carboxylic acids is 1. The zero-order valence-corrected chi connectivity index (χ0v) is 7.35. The van der Waals surface area contributed by atoms with Crippen molar-refractivity contribution in [1.82, 2.24) is 0 Å². The third-order valence-corrected chi connectivity index (χ3v) is 2.47. The van der Waals surface area contributed by atoms with Gasteiger partial charge in [0.25, 0.3) is 0 Å². The van der Waals surface area contributed by atoms with Crippen LogP contribution < -0.4 is 0 Å². The average Bonchev–Trinajstić information content (AvgIpc) is 2.32. The lowest BCUT2D eigenvalue weighted by Gasteiger charge is -2.09. The van der Waals surface area contributed by atoms with E-state index in [0.717, 1.165) is 23.3 Å². The van der Waals surface area contributed by atoms with Gasteiger partial charge in [0.2, 0.25) is 0 Å². The molecule has 0 bridgehead atoms. The SMILES string of the molecule is CC1=C(C)C2=CCCC(=O)C2=N1. The summed E-state index contributed by atoms with van der Waals surface area (Å²) in [6, 6.07) is 0. The van der Waals surface area contributed by atoms with E-state index in [1.165, 1.54) is 0 Å². The summed E-state index contributed by atoms with van der Waals surface area (Å²) in [5.41, 5.74) is 3.92. The van der Waals surface area contributed by atoms with Crippen molar-refractivity contribution in [3.8, 4) is 0 Å². The van der Waals surface area contributed by atoms with E-state index in [1.54, 1.807) is 0 Å². The van der Waals surface area contributed by atoms with Crippen LogP contribution in [0.15, 0.2) is 27.9 Å². The van der Waals surface area contributed by atoms with Crippen molar-refractivity contribution in [2.45, 2.75) is 26.7 Å². The van der Waals surface area contributed by atoms with E-state index in [0.29, 0.717) is 12.1 Å². The highest BCUT2D eigenvalue weighted by Crippen LogP contribution is 2.28. The number of allylic oxidation sites excluding steroid dienone is 4. The third kappa shape index (κ3) is 0.876. The molecule has 0 aromatic rings. The summed E-state index contributed by atoms with van der Waals surface area (Å²) in [4.78, 5) is 15.6. The molecule has 1 aliphatic heterocycles. The van der Waals surface area contributed by atoms with Crippen LogP contribution in [-0.2, 0) is 4.79 Å². The van der Waals surface area contributed by atoms with Gasteiger partial charge in [-0.1, -0.05) is 6.08 Å². The predicted molar refractivity (Wildman–Crippen MR) is 48.1 cm³/mol. The lowest BCUT2D eigenvalue weighted by atomic mass is 9.93. The molecule has 2 nitrogen and oxygen atoms in total. The molecule has 62 valence electrons. The van der Waals surface area contributed by atoms with Crippen molar-refractivity contribution in [3.63, 3.8) is 0 Å². The lowest BCUT2D eigenvalue weighted by Crippen LogP contribution is -2.18. The lowest BCUT2D eigenvalue weighted by molar-refractivity contribution is -0.112. The highest BCUT2D eigenvalue weighted by atomic mass is 16.1. The number of ketones is 1. The Labute approximate surface area is 71.7 Å². The highest BCUT2D eigenvalue weighted by molar-refractivity contribution is 6.48. The summed E-state index contributed by atoms with van der Waals surface area (Å²) in [5.74, 6) is 0.198. The van der Waals surface area contributed by atoms with Crippen LogP contribution in [0.25, 0.3) is 0 Å². The summed E-state index contributed by atoms with van der Waals surface area (Å²) in [6.45, 7) is 3.98. The Morgan fingerprint density at radius 2 is 2.17 bits per heavy atom. The minimum atomic E-state index is 0.198. The molecule has 0 fully saturated rings. The van der Waals surface area contributed by atoms with E-state index in [1.807, 2.05) is 13.8 Å². The maximum atomic E-state index is 11.4. The molecule has 0 spiro atoms. The van der Waals surface area contributed by atoms with Gasteiger partial charge in [0.15, 0.2) is 5.78 Å². The van der Waals surface area contributed by atoms with E-state index in [9.17, 15) is 4.79 Å². The Hall–Kier alpha value is -1.18. The zero-order valence-electron chi connectivity index (χ0n) is 7.35. The van der Waals surface area contributed by atoms with Crippen LogP contribution >= 0.6 is 0 Å². The number of Topliss-reactive ketones (excluding diaryl/α,β-unsaturated/α-hetero) is 1. The van der Waals surface area contributed by atoms with Gasteiger partial charge in [0.1, 0.15) is 5.71 Å². The molecule has 0 aromatic carbocycles. The number of carbonyl (C=O) groups is 1. The van der Waals surface area contributed by atoms with Crippen LogP contribution in [0.2, 0.25) is 0 Å². The van der Waals surface area contributed by atoms with Crippen molar-refractivity contribution in [2.24, 2.45) is 4.99 Å². The Morgan fingerprint density at radius 1 is 1.42 bits per heavy atom. The molecule has 0 saturated heterocycles. The molecule has 12 heavy (non-hydrogen) atoms. The average molecular weight is 161 g/mol. The molecule has 2 heteroatoms. The molecule has 2 aliphatic rings. The number of nitrogens with zero attached hydrogens (tertiary/aromatic N) is 1. The van der Waals surface area contributed by atoms with E-state index >= 15 is 0 Å². The van der Waals surface area contributed by atoms with Gasteiger partial charge in [-0.15, -0.1) is 0 Å². The molecule has 2 rings (SSSR count). The van der Waals surface area contributed by atoms with E-state index in [-0.39, 0.29) is 5.78 Å². The molecule has 1 aliphatic carbocycles. The summed E-state index contributed by atoms with van der Waals surface area (Å²) in [7, 11) is 0. The maximum absolute atomic E-state index is 11.4. The molecule has 0 amide bonds. The second-order valence-corrected chi connectivity index (χ2v) is 3.25. The van der Waals surface area contributed by atoms with Gasteiger partial charge >= 0.3 is 0 Å². The second-order valence-electron chi connectivity index (χ2n) is 3.25. The van der Waals surface area contributed by atoms with Gasteiger partial charge in [0.05, 0.1) is 0 Å². The first kappa shape index (κ1) is 7.47. The quantitative estimate of drug-likeness (QED) is 0.534. The first-order valence-corrected chi connectivity index (χ1v) is 4.20. The van der Waals surface area contributed by atoms with Crippen molar-refractivity contribution in [3.05, 3.63) is 22.9 Å². The molecular formula is C10H11NO. The molecule has 1 heterocycles. The van der Waals surface area contributed by atoms with Gasteiger partial charge < -0.3 is 0 Å². The summed E-state index contributed by atoms with van der Waals surface area (Å²) < 4.78 is 0.